The fourth-order valence-electron chi connectivity index (χ4n) is 1.60. The molecule has 0 aliphatic rings. The summed E-state index contributed by atoms with van der Waals surface area (Å²) in [5.41, 5.74) is 0.701. The molecule has 0 saturated carbocycles. The second-order valence-corrected chi connectivity index (χ2v) is 6.60. The van der Waals surface area contributed by atoms with E-state index in [2.05, 4.69) is 25.6 Å². The van der Waals surface area contributed by atoms with Crippen molar-refractivity contribution in [3.05, 3.63) is 62.9 Å². The van der Waals surface area contributed by atoms with E-state index < -0.39 is 14.9 Å². The molecule has 1 heterocycles. The summed E-state index contributed by atoms with van der Waals surface area (Å²) >= 11 is 3.15. The van der Waals surface area contributed by atoms with Crippen LogP contribution in [0, 0.1) is 10.1 Å². The lowest BCUT2D eigenvalue weighted by molar-refractivity contribution is -0.384. The molecule has 0 radical (unpaired) electrons. The predicted molar refractivity (Wildman–Crippen MR) is 81.3 cm³/mol. The van der Waals surface area contributed by atoms with Gasteiger partial charge in [-0.1, -0.05) is 12.1 Å². The van der Waals surface area contributed by atoms with Crippen LogP contribution in [0.5, 0.6) is 0 Å². The number of rotatable bonds is 5. The molecule has 2 aromatic rings. The molecule has 0 atom stereocenters. The number of nitrogens with one attached hydrogen (secondary N) is 1. The van der Waals surface area contributed by atoms with Crippen molar-refractivity contribution in [1.29, 1.82) is 0 Å². The summed E-state index contributed by atoms with van der Waals surface area (Å²) in [7, 11) is -3.63. The van der Waals surface area contributed by atoms with Gasteiger partial charge in [-0.25, -0.2) is 13.4 Å². The molecule has 7 nitrogen and oxygen atoms in total. The minimum atomic E-state index is -3.63. The Morgan fingerprint density at radius 1 is 1.24 bits per heavy atom. The van der Waals surface area contributed by atoms with Gasteiger partial charge in [0.1, 0.15) is 4.60 Å². The maximum absolute atomic E-state index is 12.0. The third-order valence-electron chi connectivity index (χ3n) is 2.53. The van der Waals surface area contributed by atoms with Crippen LogP contribution in [0.1, 0.15) is 5.56 Å². The van der Waals surface area contributed by atoms with Gasteiger partial charge >= 0.3 is 0 Å². The van der Waals surface area contributed by atoms with Crippen LogP contribution >= 0.6 is 15.9 Å². The minimum Gasteiger partial charge on any atom is -0.281 e. The summed E-state index contributed by atoms with van der Waals surface area (Å²) in [4.78, 5) is 13.9. The Kier molecular flexibility index (Phi) is 4.53. The number of aromatic nitrogens is 1. The van der Waals surface area contributed by atoms with Crippen LogP contribution in [0.4, 0.5) is 11.4 Å². The fraction of sp³-hybridized carbons (Fsp3) is 0.0833. The van der Waals surface area contributed by atoms with Gasteiger partial charge in [-0.3, -0.25) is 14.8 Å². The van der Waals surface area contributed by atoms with Crippen LogP contribution in [0.3, 0.4) is 0 Å². The smallest absolute Gasteiger partial charge is 0.269 e. The largest absolute Gasteiger partial charge is 0.281 e. The molecule has 0 bridgehead atoms. The van der Waals surface area contributed by atoms with Gasteiger partial charge in [-0.2, -0.15) is 0 Å². The Bertz CT molecular complexity index is 762. The molecule has 0 spiro atoms. The van der Waals surface area contributed by atoms with Crippen molar-refractivity contribution in [2.24, 2.45) is 0 Å². The van der Waals surface area contributed by atoms with Gasteiger partial charge in [-0.05, 0) is 33.6 Å². The maximum atomic E-state index is 12.0. The molecule has 1 aromatic heterocycles. The van der Waals surface area contributed by atoms with Crippen molar-refractivity contribution in [1.82, 2.24) is 4.98 Å². The van der Waals surface area contributed by atoms with E-state index in [1.807, 2.05) is 0 Å². The zero-order chi connectivity index (χ0) is 15.5. The van der Waals surface area contributed by atoms with Crippen molar-refractivity contribution in [2.75, 3.05) is 4.72 Å². The van der Waals surface area contributed by atoms with Crippen molar-refractivity contribution in [2.45, 2.75) is 5.75 Å². The third kappa shape index (κ3) is 4.23. The Labute approximate surface area is 129 Å². The lowest BCUT2D eigenvalue weighted by atomic mass is 10.2. The Balaban J connectivity index is 2.14. The van der Waals surface area contributed by atoms with Crippen LogP contribution in [-0.2, 0) is 15.8 Å². The third-order valence-corrected chi connectivity index (χ3v) is 4.40. The number of sulfonamides is 1. The highest BCUT2D eigenvalue weighted by atomic mass is 79.9. The fourth-order valence-corrected chi connectivity index (χ4v) is 3.28. The van der Waals surface area contributed by atoms with E-state index >= 15 is 0 Å². The van der Waals surface area contributed by atoms with Gasteiger partial charge < -0.3 is 0 Å². The molecule has 0 saturated heterocycles. The average molecular weight is 372 g/mol. The van der Waals surface area contributed by atoms with Crippen LogP contribution in [0.25, 0.3) is 0 Å². The van der Waals surface area contributed by atoms with Crippen molar-refractivity contribution < 1.29 is 13.3 Å². The summed E-state index contributed by atoms with van der Waals surface area (Å²) < 4.78 is 26.9. The summed E-state index contributed by atoms with van der Waals surface area (Å²) in [5.74, 6) is -0.285. The average Bonchev–Trinajstić information content (AvgIpc) is 2.41. The highest BCUT2D eigenvalue weighted by Crippen LogP contribution is 2.21. The van der Waals surface area contributed by atoms with Gasteiger partial charge in [0.05, 0.1) is 16.4 Å². The van der Waals surface area contributed by atoms with Crippen molar-refractivity contribution in [3.8, 4) is 0 Å². The highest BCUT2D eigenvalue weighted by Gasteiger charge is 2.14. The summed E-state index contributed by atoms with van der Waals surface area (Å²) in [6.45, 7) is 0. The predicted octanol–water partition coefficient (Wildman–Crippen LogP) is 2.69. The number of nitrogens with zero attached hydrogens (tertiary/aromatic N) is 2. The zero-order valence-corrected chi connectivity index (χ0v) is 13.0. The van der Waals surface area contributed by atoms with Crippen LogP contribution in [-0.4, -0.2) is 18.3 Å². The molecule has 1 aromatic carbocycles. The molecule has 9 heteroatoms. The lowest BCUT2D eigenvalue weighted by Crippen LogP contribution is -2.15. The van der Waals surface area contributed by atoms with E-state index in [4.69, 9.17) is 0 Å². The number of benzene rings is 1. The van der Waals surface area contributed by atoms with Gasteiger partial charge in [0, 0.05) is 18.3 Å². The molecular formula is C12H10BrN3O4S. The van der Waals surface area contributed by atoms with E-state index in [0.29, 0.717) is 15.9 Å². The zero-order valence-electron chi connectivity index (χ0n) is 10.6. The molecule has 1 N–H and O–H groups in total. The molecule has 110 valence electrons. The molecule has 0 amide bonds. The van der Waals surface area contributed by atoms with Crippen molar-refractivity contribution in [3.63, 3.8) is 0 Å². The number of nitro benzene ring substituents is 1. The maximum Gasteiger partial charge on any atom is 0.269 e. The molecule has 2 rings (SSSR count). The first kappa shape index (κ1) is 15.4. The number of halogens is 1. The van der Waals surface area contributed by atoms with Gasteiger partial charge in [0.25, 0.3) is 5.69 Å². The Hall–Kier alpha value is -2.00. The van der Waals surface area contributed by atoms with E-state index in [-0.39, 0.29) is 11.4 Å². The first-order valence-electron chi connectivity index (χ1n) is 5.72. The summed E-state index contributed by atoms with van der Waals surface area (Å²) in [6.07, 6.45) is 1.53. The number of hydrogen-bond acceptors (Lipinski definition) is 5. The number of pyridine rings is 1. The second-order valence-electron chi connectivity index (χ2n) is 4.13. The quantitative estimate of drug-likeness (QED) is 0.494. The molecule has 0 aliphatic carbocycles. The van der Waals surface area contributed by atoms with E-state index in [0.717, 1.165) is 0 Å². The van der Waals surface area contributed by atoms with E-state index in [1.54, 1.807) is 12.1 Å². The van der Waals surface area contributed by atoms with Gasteiger partial charge in [-0.15, -0.1) is 0 Å². The Morgan fingerprint density at radius 3 is 2.48 bits per heavy atom. The van der Waals surface area contributed by atoms with Gasteiger partial charge in [0.2, 0.25) is 10.0 Å². The molecule has 0 unspecified atom stereocenters. The topological polar surface area (TPSA) is 102 Å². The second kappa shape index (κ2) is 6.19. The van der Waals surface area contributed by atoms with Crippen LogP contribution < -0.4 is 4.72 Å². The first-order chi connectivity index (χ1) is 9.87. The monoisotopic (exact) mass is 371 g/mol. The number of hydrogen-bond donors (Lipinski definition) is 1. The number of non-ortho nitro benzene ring substituents is 1. The first-order valence-corrected chi connectivity index (χ1v) is 8.16. The molecule has 0 aliphatic heterocycles. The van der Waals surface area contributed by atoms with E-state index in [1.165, 1.54) is 30.5 Å². The SMILES string of the molecule is O=[N+]([O-])c1ccc(CS(=O)(=O)Nc2cccnc2Br)cc1. The van der Waals surface area contributed by atoms with Crippen LogP contribution in [0.15, 0.2) is 47.2 Å². The standard InChI is InChI=1S/C12H10BrN3O4S/c13-12-11(2-1-7-14-12)15-21(19,20)8-9-3-5-10(6-4-9)16(17)18/h1-7,15H,8H2. The molecular weight excluding hydrogens is 362 g/mol. The molecule has 21 heavy (non-hydrogen) atoms. The minimum absolute atomic E-state index is 0.0842. The lowest BCUT2D eigenvalue weighted by Gasteiger charge is -2.09. The van der Waals surface area contributed by atoms with Gasteiger partial charge in [0.15, 0.2) is 0 Å². The van der Waals surface area contributed by atoms with Crippen LogP contribution in [0.2, 0.25) is 0 Å². The van der Waals surface area contributed by atoms with E-state index in [9.17, 15) is 18.5 Å². The molecule has 0 fully saturated rings. The number of nitro groups is 1. The normalized spacial score (nSPS) is 11.1. The Morgan fingerprint density at radius 2 is 1.90 bits per heavy atom. The highest BCUT2D eigenvalue weighted by molar-refractivity contribution is 9.10. The summed E-state index contributed by atoms with van der Waals surface area (Å²) in [6, 6.07) is 8.54. The van der Waals surface area contributed by atoms with Crippen molar-refractivity contribution >= 4 is 37.3 Å². The number of anilines is 1. The summed E-state index contributed by atoms with van der Waals surface area (Å²) in [5, 5.41) is 10.5.